The third-order valence-corrected chi connectivity index (χ3v) is 2.71. The molecule has 17 heavy (non-hydrogen) atoms. The van der Waals surface area contributed by atoms with Crippen molar-refractivity contribution in [2.24, 2.45) is 5.73 Å². The highest BCUT2D eigenvalue weighted by atomic mass is 16.1. The van der Waals surface area contributed by atoms with Crippen LogP contribution in [0.25, 0.3) is 11.0 Å². The Bertz CT molecular complexity index is 608. The van der Waals surface area contributed by atoms with Gasteiger partial charge < -0.3 is 10.3 Å². The number of nitrogens with zero attached hydrogens (tertiary/aromatic N) is 3. The molecule has 1 atom stereocenters. The third kappa shape index (κ3) is 1.85. The first-order chi connectivity index (χ1) is 8.15. The summed E-state index contributed by atoms with van der Waals surface area (Å²) in [6, 6.07) is 8.98. The first kappa shape index (κ1) is 11.1. The standard InChI is InChI=1S/C12H12N4O/c1-8(12(14)17)16-10-5-3-2-4-9(10)15-11(16)6-7-13/h2-5,8H,6H2,1H3,(H2,14,17). The Balaban J connectivity index is 2.68. The Labute approximate surface area is 98.5 Å². The summed E-state index contributed by atoms with van der Waals surface area (Å²) >= 11 is 0. The zero-order chi connectivity index (χ0) is 12.4. The van der Waals surface area contributed by atoms with E-state index in [-0.39, 0.29) is 6.42 Å². The van der Waals surface area contributed by atoms with Crippen molar-refractivity contribution >= 4 is 16.9 Å². The van der Waals surface area contributed by atoms with E-state index in [4.69, 9.17) is 11.0 Å². The van der Waals surface area contributed by atoms with E-state index in [0.29, 0.717) is 5.82 Å². The number of para-hydroxylation sites is 2. The summed E-state index contributed by atoms with van der Waals surface area (Å²) in [6.45, 7) is 1.71. The molecule has 0 spiro atoms. The monoisotopic (exact) mass is 228 g/mol. The summed E-state index contributed by atoms with van der Waals surface area (Å²) in [5.41, 5.74) is 6.91. The molecule has 0 fully saturated rings. The van der Waals surface area contributed by atoms with Crippen LogP contribution in [0.1, 0.15) is 18.8 Å². The molecule has 2 N–H and O–H groups in total. The van der Waals surface area contributed by atoms with Crippen molar-refractivity contribution in [2.45, 2.75) is 19.4 Å². The molecule has 2 rings (SSSR count). The molecule has 0 radical (unpaired) electrons. The first-order valence-corrected chi connectivity index (χ1v) is 5.27. The first-order valence-electron chi connectivity index (χ1n) is 5.27. The molecule has 0 saturated carbocycles. The van der Waals surface area contributed by atoms with Gasteiger partial charge in [-0.05, 0) is 19.1 Å². The molecule has 1 unspecified atom stereocenters. The lowest BCUT2D eigenvalue weighted by Crippen LogP contribution is -2.25. The van der Waals surface area contributed by atoms with E-state index in [0.717, 1.165) is 11.0 Å². The highest BCUT2D eigenvalue weighted by Gasteiger charge is 2.18. The van der Waals surface area contributed by atoms with Crippen LogP contribution in [0.3, 0.4) is 0 Å². The van der Waals surface area contributed by atoms with Crippen LogP contribution in [0.4, 0.5) is 0 Å². The number of nitriles is 1. The number of carbonyl (C=O) groups is 1. The minimum absolute atomic E-state index is 0.159. The molecular formula is C12H12N4O. The zero-order valence-electron chi connectivity index (χ0n) is 9.42. The number of benzene rings is 1. The summed E-state index contributed by atoms with van der Waals surface area (Å²) in [6.07, 6.45) is 0.159. The topological polar surface area (TPSA) is 84.7 Å². The fourth-order valence-corrected chi connectivity index (χ4v) is 1.85. The van der Waals surface area contributed by atoms with Gasteiger partial charge in [-0.25, -0.2) is 4.98 Å². The molecule has 0 bridgehead atoms. The summed E-state index contributed by atoms with van der Waals surface area (Å²) in [4.78, 5) is 15.6. The second-order valence-electron chi connectivity index (χ2n) is 3.80. The van der Waals surface area contributed by atoms with Gasteiger partial charge in [0.25, 0.3) is 0 Å². The lowest BCUT2D eigenvalue weighted by atomic mass is 10.2. The molecule has 2 aromatic rings. The normalized spacial score (nSPS) is 12.2. The molecule has 1 amide bonds. The molecule has 1 aromatic carbocycles. The van der Waals surface area contributed by atoms with Gasteiger partial charge in [-0.15, -0.1) is 0 Å². The molecule has 0 aliphatic rings. The van der Waals surface area contributed by atoms with Gasteiger partial charge in [-0.2, -0.15) is 5.26 Å². The SMILES string of the molecule is CC(C(N)=O)n1c(CC#N)nc2ccccc21. The largest absolute Gasteiger partial charge is 0.368 e. The molecule has 5 nitrogen and oxygen atoms in total. The number of fused-ring (bicyclic) bond motifs is 1. The number of aromatic nitrogens is 2. The van der Waals surface area contributed by atoms with E-state index >= 15 is 0 Å². The fourth-order valence-electron chi connectivity index (χ4n) is 1.85. The quantitative estimate of drug-likeness (QED) is 0.855. The van der Waals surface area contributed by atoms with E-state index in [9.17, 15) is 4.79 Å². The molecule has 0 saturated heterocycles. The van der Waals surface area contributed by atoms with Gasteiger partial charge in [0.2, 0.25) is 5.91 Å². The molecule has 0 aliphatic carbocycles. The average molecular weight is 228 g/mol. The maximum absolute atomic E-state index is 11.3. The highest BCUT2D eigenvalue weighted by Crippen LogP contribution is 2.21. The maximum Gasteiger partial charge on any atom is 0.240 e. The minimum atomic E-state index is -0.509. The van der Waals surface area contributed by atoms with Crippen LogP contribution in [0.2, 0.25) is 0 Å². The molecule has 1 heterocycles. The van der Waals surface area contributed by atoms with Gasteiger partial charge >= 0.3 is 0 Å². The minimum Gasteiger partial charge on any atom is -0.368 e. The average Bonchev–Trinajstić information content (AvgIpc) is 2.66. The van der Waals surface area contributed by atoms with E-state index in [1.165, 1.54) is 0 Å². The number of primary amides is 1. The van der Waals surface area contributed by atoms with Gasteiger partial charge in [-0.3, -0.25) is 4.79 Å². The number of nitrogens with two attached hydrogens (primary N) is 1. The van der Waals surface area contributed by atoms with Crippen molar-refractivity contribution in [1.82, 2.24) is 9.55 Å². The summed E-state index contributed by atoms with van der Waals surface area (Å²) < 4.78 is 1.72. The Kier molecular flexibility index (Phi) is 2.79. The Morgan fingerprint density at radius 3 is 2.94 bits per heavy atom. The third-order valence-electron chi connectivity index (χ3n) is 2.71. The number of imidazole rings is 1. The van der Waals surface area contributed by atoms with Crippen LogP contribution in [-0.4, -0.2) is 15.5 Å². The van der Waals surface area contributed by atoms with Crippen molar-refractivity contribution in [2.75, 3.05) is 0 Å². The fraction of sp³-hybridized carbons (Fsp3) is 0.250. The summed E-state index contributed by atoms with van der Waals surface area (Å²) in [7, 11) is 0. The molecular weight excluding hydrogens is 216 g/mol. The molecule has 86 valence electrons. The molecule has 0 aliphatic heterocycles. The smallest absolute Gasteiger partial charge is 0.240 e. The number of carbonyl (C=O) groups excluding carboxylic acids is 1. The Hall–Kier alpha value is -2.35. The van der Waals surface area contributed by atoms with Crippen LogP contribution in [0.5, 0.6) is 0 Å². The van der Waals surface area contributed by atoms with E-state index < -0.39 is 11.9 Å². The lowest BCUT2D eigenvalue weighted by molar-refractivity contribution is -0.120. The maximum atomic E-state index is 11.3. The number of hydrogen-bond acceptors (Lipinski definition) is 3. The van der Waals surface area contributed by atoms with Gasteiger partial charge in [-0.1, -0.05) is 12.1 Å². The van der Waals surface area contributed by atoms with Crippen molar-refractivity contribution in [3.05, 3.63) is 30.1 Å². The lowest BCUT2D eigenvalue weighted by Gasteiger charge is -2.12. The van der Waals surface area contributed by atoms with E-state index in [1.807, 2.05) is 30.3 Å². The van der Waals surface area contributed by atoms with Crippen LogP contribution >= 0.6 is 0 Å². The van der Waals surface area contributed by atoms with Crippen LogP contribution in [0.15, 0.2) is 24.3 Å². The van der Waals surface area contributed by atoms with Crippen LogP contribution in [-0.2, 0) is 11.2 Å². The van der Waals surface area contributed by atoms with Crippen molar-refractivity contribution in [3.63, 3.8) is 0 Å². The van der Waals surface area contributed by atoms with E-state index in [1.54, 1.807) is 11.5 Å². The second kappa shape index (κ2) is 4.26. The zero-order valence-corrected chi connectivity index (χ0v) is 9.42. The van der Waals surface area contributed by atoms with Gasteiger partial charge in [0.05, 0.1) is 23.5 Å². The van der Waals surface area contributed by atoms with Gasteiger partial charge in [0.15, 0.2) is 0 Å². The molecule has 1 aromatic heterocycles. The van der Waals surface area contributed by atoms with Crippen LogP contribution < -0.4 is 5.73 Å². The van der Waals surface area contributed by atoms with Crippen LogP contribution in [0, 0.1) is 11.3 Å². The molecule has 5 heteroatoms. The predicted octanol–water partition coefficient (Wildman–Crippen LogP) is 1.15. The van der Waals surface area contributed by atoms with Gasteiger partial charge in [0.1, 0.15) is 11.9 Å². The number of amides is 1. The van der Waals surface area contributed by atoms with Crippen molar-refractivity contribution in [1.29, 1.82) is 5.26 Å². The second-order valence-corrected chi connectivity index (χ2v) is 3.80. The highest BCUT2D eigenvalue weighted by molar-refractivity contribution is 5.83. The summed E-state index contributed by atoms with van der Waals surface area (Å²) in [5, 5.41) is 8.77. The number of rotatable bonds is 3. The van der Waals surface area contributed by atoms with Crippen molar-refractivity contribution < 1.29 is 4.79 Å². The van der Waals surface area contributed by atoms with E-state index in [2.05, 4.69) is 4.98 Å². The van der Waals surface area contributed by atoms with Gasteiger partial charge in [0, 0.05) is 0 Å². The number of hydrogen-bond donors (Lipinski definition) is 1. The predicted molar refractivity (Wildman–Crippen MR) is 63.0 cm³/mol. The Morgan fingerprint density at radius 2 is 2.29 bits per heavy atom. The summed E-state index contributed by atoms with van der Waals surface area (Å²) in [5.74, 6) is 0.132. The van der Waals surface area contributed by atoms with Crippen molar-refractivity contribution in [3.8, 4) is 6.07 Å². The Morgan fingerprint density at radius 1 is 1.59 bits per heavy atom.